The Hall–Kier alpha value is -3.25. The molecule has 1 N–H and O–H groups in total. The lowest BCUT2D eigenvalue weighted by atomic mass is 10.2. The SMILES string of the molecule is CN=S(C)(=O)c1cccc(NC(=O)c2cc(C(F)(F)F)nnc2Oc2cccc(F)c2Cl)c1. The van der Waals surface area contributed by atoms with Crippen LogP contribution in [0.5, 0.6) is 11.6 Å². The number of hydrogen-bond donors (Lipinski definition) is 1. The molecule has 33 heavy (non-hydrogen) atoms. The summed E-state index contributed by atoms with van der Waals surface area (Å²) in [5.74, 6) is -2.79. The molecule has 1 heterocycles. The van der Waals surface area contributed by atoms with Crippen LogP contribution in [0.4, 0.5) is 23.2 Å². The quantitative estimate of drug-likeness (QED) is 0.470. The Kier molecular flexibility index (Phi) is 6.89. The summed E-state index contributed by atoms with van der Waals surface area (Å²) >= 11 is 5.82. The van der Waals surface area contributed by atoms with Gasteiger partial charge in [0.1, 0.15) is 16.4 Å². The summed E-state index contributed by atoms with van der Waals surface area (Å²) in [4.78, 5) is 13.2. The van der Waals surface area contributed by atoms with Crippen molar-refractivity contribution in [2.24, 2.45) is 4.36 Å². The van der Waals surface area contributed by atoms with E-state index in [0.717, 1.165) is 6.07 Å². The highest BCUT2D eigenvalue weighted by Gasteiger charge is 2.35. The van der Waals surface area contributed by atoms with Crippen molar-refractivity contribution in [2.75, 3.05) is 18.6 Å². The normalized spacial score (nSPS) is 13.2. The minimum absolute atomic E-state index is 0.135. The highest BCUT2D eigenvalue weighted by molar-refractivity contribution is 7.93. The van der Waals surface area contributed by atoms with E-state index in [1.807, 2.05) is 0 Å². The largest absolute Gasteiger partial charge is 0.435 e. The molecule has 1 aromatic heterocycles. The molecule has 1 unspecified atom stereocenters. The van der Waals surface area contributed by atoms with Crippen molar-refractivity contribution in [1.29, 1.82) is 0 Å². The summed E-state index contributed by atoms with van der Waals surface area (Å²) in [5.41, 5.74) is -1.95. The van der Waals surface area contributed by atoms with E-state index in [-0.39, 0.29) is 11.4 Å². The molecule has 0 aliphatic rings. The fourth-order valence-corrected chi connectivity index (χ4v) is 3.59. The fourth-order valence-electron chi connectivity index (χ4n) is 2.54. The number of ether oxygens (including phenoxy) is 1. The maximum Gasteiger partial charge on any atom is 0.435 e. The molecule has 0 aliphatic carbocycles. The molecule has 0 spiro atoms. The third-order valence-corrected chi connectivity index (χ3v) is 6.49. The zero-order chi connectivity index (χ0) is 24.4. The van der Waals surface area contributed by atoms with E-state index in [2.05, 4.69) is 19.9 Å². The molecule has 3 rings (SSSR count). The Morgan fingerprint density at radius 2 is 1.85 bits per heavy atom. The molecule has 1 amide bonds. The molecule has 7 nitrogen and oxygen atoms in total. The first-order chi connectivity index (χ1) is 15.4. The van der Waals surface area contributed by atoms with Crippen LogP contribution in [0.15, 0.2) is 57.8 Å². The lowest BCUT2D eigenvalue weighted by molar-refractivity contribution is -0.141. The van der Waals surface area contributed by atoms with Crippen LogP contribution in [-0.4, -0.2) is 33.6 Å². The van der Waals surface area contributed by atoms with Gasteiger partial charge in [0, 0.05) is 23.9 Å². The van der Waals surface area contributed by atoms with Gasteiger partial charge in [0.2, 0.25) is 0 Å². The standard InChI is InChI=1S/C20H15ClF4N4O3S/c1-26-33(2,31)12-6-3-5-11(9-12)27-18(30)13-10-16(20(23,24)25)28-29-19(13)32-15-8-4-7-14(22)17(15)21/h3-10H,1-2H3,(H,27,30). The molecule has 0 bridgehead atoms. The zero-order valence-electron chi connectivity index (χ0n) is 17.0. The lowest BCUT2D eigenvalue weighted by Crippen LogP contribution is -2.18. The molecule has 3 aromatic rings. The monoisotopic (exact) mass is 502 g/mol. The van der Waals surface area contributed by atoms with Crippen LogP contribution in [0.3, 0.4) is 0 Å². The average molecular weight is 503 g/mol. The number of benzene rings is 2. The van der Waals surface area contributed by atoms with Crippen molar-refractivity contribution in [1.82, 2.24) is 10.2 Å². The smallest absolute Gasteiger partial charge is 0.435 e. The number of rotatable bonds is 5. The van der Waals surface area contributed by atoms with Crippen LogP contribution in [0.1, 0.15) is 16.1 Å². The van der Waals surface area contributed by atoms with Crippen LogP contribution in [0.2, 0.25) is 5.02 Å². The van der Waals surface area contributed by atoms with E-state index >= 15 is 0 Å². The van der Waals surface area contributed by atoms with E-state index in [0.29, 0.717) is 11.0 Å². The summed E-state index contributed by atoms with van der Waals surface area (Å²) < 4.78 is 74.8. The Balaban J connectivity index is 2.02. The van der Waals surface area contributed by atoms with Gasteiger partial charge in [-0.3, -0.25) is 4.79 Å². The van der Waals surface area contributed by atoms with Crippen LogP contribution >= 0.6 is 11.6 Å². The number of anilines is 1. The van der Waals surface area contributed by atoms with Gasteiger partial charge >= 0.3 is 6.18 Å². The average Bonchev–Trinajstić information content (AvgIpc) is 2.76. The third-order valence-electron chi connectivity index (χ3n) is 4.30. The summed E-state index contributed by atoms with van der Waals surface area (Å²) in [6.45, 7) is 0. The zero-order valence-corrected chi connectivity index (χ0v) is 18.6. The number of nitrogens with one attached hydrogen (secondary N) is 1. The summed E-state index contributed by atoms with van der Waals surface area (Å²) in [6, 6.07) is 9.81. The highest BCUT2D eigenvalue weighted by Crippen LogP contribution is 2.34. The fraction of sp³-hybridized carbons (Fsp3) is 0.150. The molecule has 2 aromatic carbocycles. The Bertz CT molecular complexity index is 1340. The number of halogens is 5. The van der Waals surface area contributed by atoms with Crippen molar-refractivity contribution in [3.8, 4) is 11.6 Å². The van der Waals surface area contributed by atoms with Crippen LogP contribution in [-0.2, 0) is 15.9 Å². The predicted molar refractivity (Wildman–Crippen MR) is 114 cm³/mol. The highest BCUT2D eigenvalue weighted by atomic mass is 35.5. The first kappa shape index (κ1) is 24.4. The topological polar surface area (TPSA) is 93.5 Å². The first-order valence-electron chi connectivity index (χ1n) is 9.01. The van der Waals surface area contributed by atoms with Gasteiger partial charge in [-0.2, -0.15) is 13.2 Å². The van der Waals surface area contributed by atoms with Gasteiger partial charge in [-0.25, -0.2) is 13.0 Å². The van der Waals surface area contributed by atoms with Crippen LogP contribution in [0.25, 0.3) is 0 Å². The van der Waals surface area contributed by atoms with Crippen molar-refractivity contribution in [3.05, 3.63) is 70.6 Å². The molecular formula is C20H15ClF4N4O3S. The van der Waals surface area contributed by atoms with Crippen molar-refractivity contribution in [2.45, 2.75) is 11.1 Å². The van der Waals surface area contributed by atoms with Crippen molar-refractivity contribution >= 4 is 32.9 Å². The molecule has 1 atom stereocenters. The Morgan fingerprint density at radius 1 is 1.15 bits per heavy atom. The molecule has 0 saturated heterocycles. The van der Waals surface area contributed by atoms with Gasteiger partial charge in [-0.15, -0.1) is 10.2 Å². The number of aromatic nitrogens is 2. The number of alkyl halides is 3. The van der Waals surface area contributed by atoms with Gasteiger partial charge in [0.25, 0.3) is 11.8 Å². The Morgan fingerprint density at radius 3 is 2.52 bits per heavy atom. The van der Waals surface area contributed by atoms with Gasteiger partial charge in [-0.1, -0.05) is 23.7 Å². The second-order valence-corrected chi connectivity index (χ2v) is 9.39. The molecule has 174 valence electrons. The minimum atomic E-state index is -4.90. The van der Waals surface area contributed by atoms with E-state index in [1.54, 1.807) is 0 Å². The molecule has 0 saturated carbocycles. The maximum absolute atomic E-state index is 13.7. The third kappa shape index (κ3) is 5.57. The van der Waals surface area contributed by atoms with Gasteiger partial charge in [0.05, 0.1) is 9.73 Å². The molecule has 0 radical (unpaired) electrons. The second kappa shape index (κ2) is 9.32. The van der Waals surface area contributed by atoms with E-state index < -0.39 is 49.8 Å². The number of carbonyl (C=O) groups excluding carboxylic acids is 1. The van der Waals surface area contributed by atoms with E-state index in [1.165, 1.54) is 49.7 Å². The van der Waals surface area contributed by atoms with Gasteiger partial charge in [0.15, 0.2) is 11.4 Å². The molecule has 0 fully saturated rings. The van der Waals surface area contributed by atoms with Crippen molar-refractivity contribution in [3.63, 3.8) is 0 Å². The van der Waals surface area contributed by atoms with Crippen LogP contribution in [0, 0.1) is 5.82 Å². The number of nitrogens with zero attached hydrogens (tertiary/aromatic N) is 3. The van der Waals surface area contributed by atoms with Gasteiger partial charge in [-0.05, 0) is 36.4 Å². The second-order valence-electron chi connectivity index (χ2n) is 6.57. The minimum Gasteiger partial charge on any atom is -0.435 e. The lowest BCUT2D eigenvalue weighted by Gasteiger charge is -2.14. The Labute approximate surface area is 190 Å². The van der Waals surface area contributed by atoms with Crippen LogP contribution < -0.4 is 10.1 Å². The summed E-state index contributed by atoms with van der Waals surface area (Å²) in [7, 11) is -1.36. The molecule has 0 aliphatic heterocycles. The van der Waals surface area contributed by atoms with Crippen molar-refractivity contribution < 1.29 is 31.3 Å². The number of hydrogen-bond acceptors (Lipinski definition) is 6. The molecule has 13 heteroatoms. The predicted octanol–water partition coefficient (Wildman–Crippen LogP) is 5.42. The number of amides is 1. The first-order valence-corrected chi connectivity index (χ1v) is 11.3. The van der Waals surface area contributed by atoms with Gasteiger partial charge < -0.3 is 10.1 Å². The van der Waals surface area contributed by atoms with E-state index in [4.69, 9.17) is 16.3 Å². The summed E-state index contributed by atoms with van der Waals surface area (Å²) in [5, 5.41) is 8.33. The molecular weight excluding hydrogens is 488 g/mol. The maximum atomic E-state index is 13.7. The van der Waals surface area contributed by atoms with E-state index in [9.17, 15) is 26.6 Å². The number of carbonyl (C=O) groups is 1. The summed E-state index contributed by atoms with van der Waals surface area (Å²) in [6.07, 6.45) is -3.50.